The Balaban J connectivity index is 1.75. The number of benzene rings is 1. The van der Waals surface area contributed by atoms with Crippen molar-refractivity contribution >= 4 is 21.6 Å². The van der Waals surface area contributed by atoms with E-state index in [-0.39, 0.29) is 16.8 Å². The lowest BCUT2D eigenvalue weighted by atomic mass is 10.1. The van der Waals surface area contributed by atoms with Gasteiger partial charge in [0, 0.05) is 38.1 Å². The number of amides is 1. The van der Waals surface area contributed by atoms with Crippen LogP contribution in [-0.2, 0) is 21.9 Å². The third kappa shape index (κ3) is 5.68. The first-order chi connectivity index (χ1) is 13.9. The van der Waals surface area contributed by atoms with Gasteiger partial charge in [0.25, 0.3) is 0 Å². The van der Waals surface area contributed by atoms with Crippen molar-refractivity contribution in [2.75, 3.05) is 25.0 Å². The van der Waals surface area contributed by atoms with Crippen molar-refractivity contribution in [2.45, 2.75) is 43.5 Å². The number of aryl methyl sites for hydroxylation is 1. The Bertz CT molecular complexity index is 914. The lowest BCUT2D eigenvalue weighted by molar-refractivity contribution is -0.114. The summed E-state index contributed by atoms with van der Waals surface area (Å²) in [6, 6.07) is 10.3. The van der Waals surface area contributed by atoms with E-state index in [1.54, 1.807) is 12.1 Å². The standard InChI is InChI=1S/C21H30N4O3S/c1-17(26)23-18-9-11-19(12-10-18)29(27,28)22-16-21(20-8-7-13-24(20)2)25-14-5-3-4-6-15-25/h7-13,21-22H,3-6,14-16H2,1-2H3,(H,23,26). The van der Waals surface area contributed by atoms with E-state index in [1.165, 1.54) is 31.9 Å². The number of nitrogens with zero attached hydrogens (tertiary/aromatic N) is 2. The van der Waals surface area contributed by atoms with Crippen LogP contribution in [0.4, 0.5) is 5.69 Å². The van der Waals surface area contributed by atoms with Gasteiger partial charge in [0.05, 0.1) is 10.9 Å². The summed E-state index contributed by atoms with van der Waals surface area (Å²) in [5, 5.41) is 2.64. The van der Waals surface area contributed by atoms with Crippen LogP contribution >= 0.6 is 0 Å². The molecule has 1 saturated heterocycles. The molecular formula is C21H30N4O3S. The van der Waals surface area contributed by atoms with Gasteiger partial charge in [0.15, 0.2) is 0 Å². The van der Waals surface area contributed by atoms with Crippen molar-refractivity contribution < 1.29 is 13.2 Å². The smallest absolute Gasteiger partial charge is 0.240 e. The Morgan fingerprint density at radius 3 is 2.28 bits per heavy atom. The average molecular weight is 419 g/mol. The van der Waals surface area contributed by atoms with Crippen LogP contribution in [0.2, 0.25) is 0 Å². The molecule has 2 aromatic rings. The van der Waals surface area contributed by atoms with Gasteiger partial charge in [-0.25, -0.2) is 13.1 Å². The van der Waals surface area contributed by atoms with E-state index < -0.39 is 10.0 Å². The molecule has 1 aliphatic heterocycles. The molecule has 1 atom stereocenters. The van der Waals surface area contributed by atoms with Crippen LogP contribution in [0, 0.1) is 0 Å². The Morgan fingerprint density at radius 2 is 1.72 bits per heavy atom. The molecule has 0 saturated carbocycles. The number of hydrogen-bond donors (Lipinski definition) is 2. The molecule has 1 aromatic heterocycles. The van der Waals surface area contributed by atoms with E-state index in [9.17, 15) is 13.2 Å². The molecular weight excluding hydrogens is 388 g/mol. The van der Waals surface area contributed by atoms with E-state index in [4.69, 9.17) is 0 Å². The van der Waals surface area contributed by atoms with E-state index in [0.29, 0.717) is 12.2 Å². The molecule has 1 unspecified atom stereocenters. The van der Waals surface area contributed by atoms with Gasteiger partial charge < -0.3 is 9.88 Å². The largest absolute Gasteiger partial charge is 0.353 e. The number of rotatable bonds is 7. The highest BCUT2D eigenvalue weighted by atomic mass is 32.2. The molecule has 1 aromatic carbocycles. The monoisotopic (exact) mass is 418 g/mol. The summed E-state index contributed by atoms with van der Waals surface area (Å²) in [7, 11) is -1.66. The van der Waals surface area contributed by atoms with E-state index in [2.05, 4.69) is 25.6 Å². The van der Waals surface area contributed by atoms with Crippen molar-refractivity contribution in [2.24, 2.45) is 7.05 Å². The van der Waals surface area contributed by atoms with Gasteiger partial charge in [-0.2, -0.15) is 0 Å². The fourth-order valence-electron chi connectivity index (χ4n) is 3.84. The maximum Gasteiger partial charge on any atom is 0.240 e. The van der Waals surface area contributed by atoms with Gasteiger partial charge in [0.2, 0.25) is 15.9 Å². The number of hydrogen-bond acceptors (Lipinski definition) is 4. The van der Waals surface area contributed by atoms with Gasteiger partial charge in [-0.3, -0.25) is 9.69 Å². The number of carbonyl (C=O) groups is 1. The van der Waals surface area contributed by atoms with Gasteiger partial charge in [-0.05, 0) is 62.3 Å². The second-order valence-electron chi connectivity index (χ2n) is 7.57. The Morgan fingerprint density at radius 1 is 1.07 bits per heavy atom. The van der Waals surface area contributed by atoms with Crippen LogP contribution in [-0.4, -0.2) is 43.4 Å². The maximum atomic E-state index is 12.9. The summed E-state index contributed by atoms with van der Waals surface area (Å²) in [4.78, 5) is 13.7. The van der Waals surface area contributed by atoms with Crippen molar-refractivity contribution in [1.29, 1.82) is 0 Å². The number of nitrogens with one attached hydrogen (secondary N) is 2. The second-order valence-corrected chi connectivity index (χ2v) is 9.33. The zero-order valence-electron chi connectivity index (χ0n) is 17.1. The molecule has 0 radical (unpaired) electrons. The summed E-state index contributed by atoms with van der Waals surface area (Å²) in [5.41, 5.74) is 1.68. The van der Waals surface area contributed by atoms with Crippen LogP contribution in [0.15, 0.2) is 47.5 Å². The quantitative estimate of drug-likeness (QED) is 0.724. The topological polar surface area (TPSA) is 83.4 Å². The molecule has 158 valence electrons. The maximum absolute atomic E-state index is 12.9. The zero-order chi connectivity index (χ0) is 20.9. The summed E-state index contributed by atoms with van der Waals surface area (Å²) in [6.07, 6.45) is 6.72. The summed E-state index contributed by atoms with van der Waals surface area (Å²) in [6.45, 7) is 3.68. The molecule has 0 bridgehead atoms. The fourth-order valence-corrected chi connectivity index (χ4v) is 4.88. The van der Waals surface area contributed by atoms with Crippen molar-refractivity contribution in [3.63, 3.8) is 0 Å². The van der Waals surface area contributed by atoms with Gasteiger partial charge in [0.1, 0.15) is 0 Å². The van der Waals surface area contributed by atoms with Crippen LogP contribution < -0.4 is 10.0 Å². The molecule has 2 heterocycles. The second kappa shape index (κ2) is 9.56. The number of anilines is 1. The third-order valence-electron chi connectivity index (χ3n) is 5.36. The molecule has 29 heavy (non-hydrogen) atoms. The number of sulfonamides is 1. The van der Waals surface area contributed by atoms with Crippen LogP contribution in [0.3, 0.4) is 0 Å². The number of aromatic nitrogens is 1. The predicted molar refractivity (Wildman–Crippen MR) is 114 cm³/mol. The van der Waals surface area contributed by atoms with Crippen LogP contribution in [0.1, 0.15) is 44.3 Å². The molecule has 2 N–H and O–H groups in total. The van der Waals surface area contributed by atoms with Gasteiger partial charge >= 0.3 is 0 Å². The molecule has 0 aliphatic carbocycles. The molecule has 1 fully saturated rings. The van der Waals surface area contributed by atoms with Crippen molar-refractivity contribution in [3.8, 4) is 0 Å². The first-order valence-corrected chi connectivity index (χ1v) is 11.6. The summed E-state index contributed by atoms with van der Waals surface area (Å²) >= 11 is 0. The molecule has 1 aliphatic rings. The minimum atomic E-state index is -3.65. The predicted octanol–water partition coefficient (Wildman–Crippen LogP) is 2.88. The summed E-state index contributed by atoms with van der Waals surface area (Å²) in [5.74, 6) is -0.193. The summed E-state index contributed by atoms with van der Waals surface area (Å²) < 4.78 is 30.6. The third-order valence-corrected chi connectivity index (χ3v) is 6.80. The molecule has 3 rings (SSSR count). The highest BCUT2D eigenvalue weighted by Crippen LogP contribution is 2.25. The van der Waals surface area contributed by atoms with E-state index in [1.807, 2.05) is 19.3 Å². The SMILES string of the molecule is CC(=O)Nc1ccc(S(=O)(=O)NCC(c2cccn2C)N2CCCCCC2)cc1. The van der Waals surface area contributed by atoms with Gasteiger partial charge in [-0.15, -0.1) is 0 Å². The molecule has 1 amide bonds. The number of carbonyl (C=O) groups excluding carboxylic acids is 1. The van der Waals surface area contributed by atoms with Crippen LogP contribution in [0.25, 0.3) is 0 Å². The zero-order valence-corrected chi connectivity index (χ0v) is 17.9. The normalized spacial score (nSPS) is 16.9. The highest BCUT2D eigenvalue weighted by Gasteiger charge is 2.25. The Kier molecular flexibility index (Phi) is 7.10. The molecule has 8 heteroatoms. The first kappa shape index (κ1) is 21.5. The first-order valence-electron chi connectivity index (χ1n) is 10.1. The highest BCUT2D eigenvalue weighted by molar-refractivity contribution is 7.89. The number of likely N-dealkylation sites (tertiary alicyclic amines) is 1. The van der Waals surface area contributed by atoms with Gasteiger partial charge in [-0.1, -0.05) is 12.8 Å². The molecule has 7 nitrogen and oxygen atoms in total. The van der Waals surface area contributed by atoms with Crippen molar-refractivity contribution in [1.82, 2.24) is 14.2 Å². The van der Waals surface area contributed by atoms with Crippen LogP contribution in [0.5, 0.6) is 0 Å². The van der Waals surface area contributed by atoms with E-state index in [0.717, 1.165) is 31.6 Å². The minimum Gasteiger partial charge on any atom is -0.353 e. The minimum absolute atomic E-state index is 0.0125. The van der Waals surface area contributed by atoms with E-state index >= 15 is 0 Å². The Labute approximate surface area is 173 Å². The Hall–Kier alpha value is -2.16. The lowest BCUT2D eigenvalue weighted by Gasteiger charge is -2.31. The van der Waals surface area contributed by atoms with Crippen molar-refractivity contribution in [3.05, 3.63) is 48.3 Å². The average Bonchev–Trinajstić information content (AvgIpc) is 2.92. The molecule has 0 spiro atoms. The lowest BCUT2D eigenvalue weighted by Crippen LogP contribution is -2.39. The fraction of sp³-hybridized carbons (Fsp3) is 0.476.